The lowest BCUT2D eigenvalue weighted by atomic mass is 9.72. The zero-order chi connectivity index (χ0) is 13.8. The molecule has 2 nitrogen and oxygen atoms in total. The van der Waals surface area contributed by atoms with E-state index in [-0.39, 0.29) is 6.04 Å². The molecule has 1 saturated carbocycles. The van der Waals surface area contributed by atoms with Crippen LogP contribution in [0.5, 0.6) is 0 Å². The number of rotatable bonds is 4. The second kappa shape index (κ2) is 7.07. The third-order valence-electron chi connectivity index (χ3n) is 4.40. The van der Waals surface area contributed by atoms with Gasteiger partial charge in [0.25, 0.3) is 0 Å². The van der Waals surface area contributed by atoms with E-state index in [9.17, 15) is 0 Å². The van der Waals surface area contributed by atoms with E-state index in [1.807, 2.05) is 12.1 Å². The maximum absolute atomic E-state index is 6.21. The average molecular weight is 346 g/mol. The summed E-state index contributed by atoms with van der Waals surface area (Å²) in [5, 5.41) is 0.751. The van der Waals surface area contributed by atoms with Crippen LogP contribution in [0.2, 0.25) is 5.02 Å². The van der Waals surface area contributed by atoms with Gasteiger partial charge in [-0.3, -0.25) is 11.3 Å². The minimum atomic E-state index is 0.204. The van der Waals surface area contributed by atoms with Crippen molar-refractivity contribution in [1.82, 2.24) is 5.43 Å². The van der Waals surface area contributed by atoms with E-state index in [0.29, 0.717) is 5.92 Å². The molecule has 0 amide bonds. The Morgan fingerprint density at radius 3 is 2.79 bits per heavy atom. The van der Waals surface area contributed by atoms with Crippen LogP contribution in [-0.2, 0) is 0 Å². The molecule has 3 unspecified atom stereocenters. The Bertz CT molecular complexity index is 425. The normalized spacial score (nSPS) is 25.3. The first kappa shape index (κ1) is 15.3. The molecule has 106 valence electrons. The fraction of sp³-hybridized carbons (Fsp3) is 0.600. The van der Waals surface area contributed by atoms with E-state index in [0.717, 1.165) is 15.4 Å². The molecule has 0 radical (unpaired) electrons. The van der Waals surface area contributed by atoms with Gasteiger partial charge in [0.1, 0.15) is 0 Å². The zero-order valence-corrected chi connectivity index (χ0v) is 13.7. The van der Waals surface area contributed by atoms with Crippen LogP contribution in [0, 0.1) is 11.8 Å². The smallest absolute Gasteiger partial charge is 0.0551 e. The molecule has 19 heavy (non-hydrogen) atoms. The van der Waals surface area contributed by atoms with E-state index >= 15 is 0 Å². The number of benzene rings is 1. The summed E-state index contributed by atoms with van der Waals surface area (Å²) in [6.45, 7) is 2.28. The molecular weight excluding hydrogens is 324 g/mol. The molecule has 0 aliphatic heterocycles. The van der Waals surface area contributed by atoms with Gasteiger partial charge in [0.15, 0.2) is 0 Å². The predicted octanol–water partition coefficient (Wildman–Crippen LogP) is 4.82. The van der Waals surface area contributed by atoms with Gasteiger partial charge in [-0.05, 0) is 51.9 Å². The van der Waals surface area contributed by atoms with Gasteiger partial charge >= 0.3 is 0 Å². The number of hydrogen-bond donors (Lipinski definition) is 2. The largest absolute Gasteiger partial charge is 0.271 e. The van der Waals surface area contributed by atoms with Gasteiger partial charge in [-0.15, -0.1) is 0 Å². The van der Waals surface area contributed by atoms with Crippen LogP contribution < -0.4 is 11.3 Å². The first-order valence-corrected chi connectivity index (χ1v) is 8.25. The summed E-state index contributed by atoms with van der Waals surface area (Å²) in [5.74, 6) is 7.21. The minimum Gasteiger partial charge on any atom is -0.271 e. The number of nitrogens with two attached hydrogens (primary N) is 1. The Labute approximate surface area is 129 Å². The molecule has 1 aromatic carbocycles. The van der Waals surface area contributed by atoms with Crippen molar-refractivity contribution in [3.63, 3.8) is 0 Å². The lowest BCUT2D eigenvalue weighted by Crippen LogP contribution is -2.38. The monoisotopic (exact) mass is 344 g/mol. The standard InChI is InChI=1S/C15H22BrClN2/c1-2-10-5-3-4-6-12(10)15(19-18)11-7-8-13(16)14(17)9-11/h7-10,12,15,19H,2-6,18H2,1H3. The van der Waals surface area contributed by atoms with Crippen molar-refractivity contribution in [1.29, 1.82) is 0 Å². The summed E-state index contributed by atoms with van der Waals surface area (Å²) in [4.78, 5) is 0. The summed E-state index contributed by atoms with van der Waals surface area (Å²) >= 11 is 9.65. The van der Waals surface area contributed by atoms with Gasteiger partial charge in [-0.2, -0.15) is 0 Å². The van der Waals surface area contributed by atoms with Gasteiger partial charge in [-0.25, -0.2) is 0 Å². The van der Waals surface area contributed by atoms with Crippen LogP contribution in [-0.4, -0.2) is 0 Å². The van der Waals surface area contributed by atoms with Crippen molar-refractivity contribution in [3.05, 3.63) is 33.3 Å². The quantitative estimate of drug-likeness (QED) is 0.606. The Kier molecular flexibility index (Phi) is 5.70. The first-order valence-electron chi connectivity index (χ1n) is 7.08. The van der Waals surface area contributed by atoms with Crippen LogP contribution in [0.25, 0.3) is 0 Å². The summed E-state index contributed by atoms with van der Waals surface area (Å²) < 4.78 is 0.935. The van der Waals surface area contributed by atoms with Gasteiger partial charge in [-0.1, -0.05) is 50.3 Å². The number of hydrazine groups is 1. The highest BCUT2D eigenvalue weighted by Gasteiger charge is 2.31. The predicted molar refractivity (Wildman–Crippen MR) is 85.0 cm³/mol. The molecule has 2 rings (SSSR count). The fourth-order valence-electron chi connectivity index (χ4n) is 3.35. The molecule has 0 aromatic heterocycles. The molecular formula is C15H22BrClN2. The lowest BCUT2D eigenvalue weighted by molar-refractivity contribution is 0.176. The summed E-state index contributed by atoms with van der Waals surface area (Å²) in [6.07, 6.45) is 6.47. The molecule has 0 saturated heterocycles. The number of halogens is 2. The van der Waals surface area contributed by atoms with Crippen molar-refractivity contribution in [2.45, 2.75) is 45.1 Å². The van der Waals surface area contributed by atoms with Crippen molar-refractivity contribution in [2.75, 3.05) is 0 Å². The second-order valence-corrected chi connectivity index (χ2v) is 6.70. The molecule has 1 aliphatic carbocycles. The first-order chi connectivity index (χ1) is 9.17. The van der Waals surface area contributed by atoms with Crippen molar-refractivity contribution < 1.29 is 0 Å². The topological polar surface area (TPSA) is 38.0 Å². The fourth-order valence-corrected chi connectivity index (χ4v) is 3.79. The van der Waals surface area contributed by atoms with Crippen molar-refractivity contribution in [2.24, 2.45) is 17.7 Å². The van der Waals surface area contributed by atoms with Crippen LogP contribution in [0.4, 0.5) is 0 Å². The summed E-state index contributed by atoms with van der Waals surface area (Å²) in [7, 11) is 0. The highest BCUT2D eigenvalue weighted by atomic mass is 79.9. The highest BCUT2D eigenvalue weighted by Crippen LogP contribution is 2.40. The Morgan fingerprint density at radius 1 is 1.42 bits per heavy atom. The third kappa shape index (κ3) is 3.52. The minimum absolute atomic E-state index is 0.204. The van der Waals surface area contributed by atoms with Crippen LogP contribution >= 0.6 is 27.5 Å². The van der Waals surface area contributed by atoms with E-state index in [2.05, 4.69) is 34.3 Å². The Balaban J connectivity index is 2.24. The van der Waals surface area contributed by atoms with E-state index in [1.165, 1.54) is 37.7 Å². The molecule has 3 N–H and O–H groups in total. The maximum atomic E-state index is 6.21. The van der Waals surface area contributed by atoms with E-state index in [4.69, 9.17) is 17.4 Å². The van der Waals surface area contributed by atoms with Gasteiger partial charge in [0, 0.05) is 10.5 Å². The van der Waals surface area contributed by atoms with E-state index in [1.54, 1.807) is 0 Å². The summed E-state index contributed by atoms with van der Waals surface area (Å²) in [6, 6.07) is 6.35. The Hall–Kier alpha value is -0.0900. The molecule has 1 aromatic rings. The molecule has 0 spiro atoms. The molecule has 3 atom stereocenters. The molecule has 1 aliphatic rings. The van der Waals surface area contributed by atoms with Crippen LogP contribution in [0.15, 0.2) is 22.7 Å². The lowest BCUT2D eigenvalue weighted by Gasteiger charge is -2.37. The van der Waals surface area contributed by atoms with Gasteiger partial charge in [0.2, 0.25) is 0 Å². The average Bonchev–Trinajstić information content (AvgIpc) is 2.44. The molecule has 0 heterocycles. The maximum Gasteiger partial charge on any atom is 0.0551 e. The van der Waals surface area contributed by atoms with Crippen LogP contribution in [0.3, 0.4) is 0 Å². The number of nitrogens with one attached hydrogen (secondary N) is 1. The Morgan fingerprint density at radius 2 is 2.16 bits per heavy atom. The SMILES string of the molecule is CCC1CCCCC1C(NN)c1ccc(Br)c(Cl)c1. The zero-order valence-electron chi connectivity index (χ0n) is 11.3. The van der Waals surface area contributed by atoms with Gasteiger partial charge < -0.3 is 0 Å². The van der Waals surface area contributed by atoms with E-state index < -0.39 is 0 Å². The third-order valence-corrected chi connectivity index (χ3v) is 5.64. The molecule has 1 fully saturated rings. The second-order valence-electron chi connectivity index (χ2n) is 5.43. The van der Waals surface area contributed by atoms with Crippen molar-refractivity contribution >= 4 is 27.5 Å². The van der Waals surface area contributed by atoms with Gasteiger partial charge in [0.05, 0.1) is 5.02 Å². The highest BCUT2D eigenvalue weighted by molar-refractivity contribution is 9.10. The summed E-state index contributed by atoms with van der Waals surface area (Å²) in [5.41, 5.74) is 4.22. The van der Waals surface area contributed by atoms with Crippen molar-refractivity contribution in [3.8, 4) is 0 Å². The molecule has 0 bridgehead atoms. The molecule has 4 heteroatoms. The number of hydrogen-bond acceptors (Lipinski definition) is 2. The van der Waals surface area contributed by atoms with Crippen LogP contribution in [0.1, 0.15) is 50.6 Å².